The molecule has 4 nitrogen and oxygen atoms in total. The summed E-state index contributed by atoms with van der Waals surface area (Å²) in [6.45, 7) is 1.89. The number of anilines is 2. The maximum Gasteiger partial charge on any atom is 0.257 e. The highest BCUT2D eigenvalue weighted by atomic mass is 127. The van der Waals surface area contributed by atoms with E-state index in [9.17, 15) is 4.79 Å². The molecule has 3 N–H and O–H groups in total. The van der Waals surface area contributed by atoms with E-state index >= 15 is 0 Å². The number of aryl methyl sites for hydroxylation is 1. The molecule has 1 aromatic heterocycles. The monoisotopic (exact) mass is 359 g/mol. The number of aromatic nitrogens is 1. The van der Waals surface area contributed by atoms with Crippen molar-refractivity contribution in [2.24, 2.45) is 0 Å². The molecular formula is C11H10IN3OS. The first-order chi connectivity index (χ1) is 8.06. The number of thiazole rings is 1. The van der Waals surface area contributed by atoms with Gasteiger partial charge in [0.2, 0.25) is 0 Å². The van der Waals surface area contributed by atoms with Crippen molar-refractivity contribution in [3.8, 4) is 0 Å². The smallest absolute Gasteiger partial charge is 0.257 e. The van der Waals surface area contributed by atoms with Gasteiger partial charge in [-0.2, -0.15) is 0 Å². The Morgan fingerprint density at radius 2 is 2.29 bits per heavy atom. The highest BCUT2D eigenvalue weighted by Gasteiger charge is 2.09. The van der Waals surface area contributed by atoms with Gasteiger partial charge >= 0.3 is 0 Å². The Bertz CT molecular complexity index is 568. The molecule has 0 radical (unpaired) electrons. The van der Waals surface area contributed by atoms with Crippen LogP contribution >= 0.6 is 33.9 Å². The van der Waals surface area contributed by atoms with E-state index in [0.717, 1.165) is 9.26 Å². The molecule has 0 aliphatic rings. The normalized spacial score (nSPS) is 10.2. The van der Waals surface area contributed by atoms with Gasteiger partial charge in [0.1, 0.15) is 0 Å². The van der Waals surface area contributed by atoms with Crippen LogP contribution in [0.3, 0.4) is 0 Å². The van der Waals surface area contributed by atoms with Gasteiger partial charge in [-0.05, 0) is 47.7 Å². The van der Waals surface area contributed by atoms with E-state index in [1.54, 1.807) is 18.2 Å². The van der Waals surface area contributed by atoms with Crippen LogP contribution in [0.15, 0.2) is 23.6 Å². The number of hydrogen-bond acceptors (Lipinski definition) is 4. The summed E-state index contributed by atoms with van der Waals surface area (Å²) in [6.07, 6.45) is 0. The minimum Gasteiger partial charge on any atom is -0.398 e. The van der Waals surface area contributed by atoms with Gasteiger partial charge in [-0.25, -0.2) is 4.98 Å². The summed E-state index contributed by atoms with van der Waals surface area (Å²) >= 11 is 3.51. The van der Waals surface area contributed by atoms with Crippen LogP contribution in [-0.2, 0) is 0 Å². The molecule has 17 heavy (non-hydrogen) atoms. The molecule has 2 aromatic rings. The Kier molecular flexibility index (Phi) is 3.63. The average molecular weight is 359 g/mol. The number of nitrogens with two attached hydrogens (primary N) is 1. The minimum atomic E-state index is -0.169. The molecule has 1 aromatic carbocycles. The quantitative estimate of drug-likeness (QED) is 0.640. The predicted molar refractivity (Wildman–Crippen MR) is 78.4 cm³/mol. The van der Waals surface area contributed by atoms with Gasteiger partial charge in [-0.1, -0.05) is 0 Å². The minimum absolute atomic E-state index is 0.169. The summed E-state index contributed by atoms with van der Waals surface area (Å²) in [5, 5.41) is 5.25. The lowest BCUT2D eigenvalue weighted by atomic mass is 10.2. The van der Waals surface area contributed by atoms with E-state index in [1.165, 1.54) is 11.3 Å². The number of amides is 1. The number of nitrogen functional groups attached to an aromatic ring is 1. The van der Waals surface area contributed by atoms with E-state index in [0.29, 0.717) is 16.4 Å². The van der Waals surface area contributed by atoms with Crippen LogP contribution in [0.5, 0.6) is 0 Å². The van der Waals surface area contributed by atoms with Crippen LogP contribution in [0.25, 0.3) is 0 Å². The van der Waals surface area contributed by atoms with Crippen molar-refractivity contribution in [1.82, 2.24) is 4.98 Å². The van der Waals surface area contributed by atoms with Gasteiger partial charge < -0.3 is 5.73 Å². The molecule has 1 amide bonds. The Labute approximate surface area is 116 Å². The molecule has 0 fully saturated rings. The third-order valence-electron chi connectivity index (χ3n) is 2.10. The summed E-state index contributed by atoms with van der Waals surface area (Å²) in [7, 11) is 0. The zero-order chi connectivity index (χ0) is 12.4. The SMILES string of the molecule is Cc1csc(NC(=O)c2ccc(N)c(I)c2)n1. The summed E-state index contributed by atoms with van der Waals surface area (Å²) in [6, 6.07) is 5.18. The third-order valence-corrected chi connectivity index (χ3v) is 3.91. The summed E-state index contributed by atoms with van der Waals surface area (Å²) < 4.78 is 0.866. The van der Waals surface area contributed by atoms with Crippen molar-refractivity contribution in [2.45, 2.75) is 6.92 Å². The van der Waals surface area contributed by atoms with Gasteiger partial charge in [0.15, 0.2) is 5.13 Å². The molecule has 6 heteroatoms. The Hall–Kier alpha value is -1.15. The molecule has 0 bridgehead atoms. The fourth-order valence-corrected chi connectivity index (χ4v) is 2.45. The molecule has 0 spiro atoms. The molecule has 0 saturated carbocycles. The second-order valence-electron chi connectivity index (χ2n) is 3.48. The van der Waals surface area contributed by atoms with E-state index in [1.807, 2.05) is 12.3 Å². The van der Waals surface area contributed by atoms with Crippen LogP contribution in [-0.4, -0.2) is 10.9 Å². The molecule has 88 valence electrons. The highest BCUT2D eigenvalue weighted by molar-refractivity contribution is 14.1. The van der Waals surface area contributed by atoms with E-state index in [2.05, 4.69) is 32.9 Å². The zero-order valence-electron chi connectivity index (χ0n) is 9.03. The molecule has 0 saturated heterocycles. The van der Waals surface area contributed by atoms with E-state index in [-0.39, 0.29) is 5.91 Å². The molecule has 0 unspecified atom stereocenters. The zero-order valence-corrected chi connectivity index (χ0v) is 12.0. The van der Waals surface area contributed by atoms with Crippen LogP contribution in [0.2, 0.25) is 0 Å². The topological polar surface area (TPSA) is 68.0 Å². The van der Waals surface area contributed by atoms with Gasteiger partial charge in [0, 0.05) is 20.2 Å². The fraction of sp³-hybridized carbons (Fsp3) is 0.0909. The first-order valence-corrected chi connectivity index (χ1v) is 6.80. The van der Waals surface area contributed by atoms with Gasteiger partial charge in [0.05, 0.1) is 5.69 Å². The maximum atomic E-state index is 11.9. The van der Waals surface area contributed by atoms with Crippen molar-refractivity contribution in [2.75, 3.05) is 11.1 Å². The maximum absolute atomic E-state index is 11.9. The number of carbonyl (C=O) groups excluding carboxylic acids is 1. The summed E-state index contributed by atoms with van der Waals surface area (Å²) in [4.78, 5) is 16.1. The number of rotatable bonds is 2. The van der Waals surface area contributed by atoms with Crippen molar-refractivity contribution in [1.29, 1.82) is 0 Å². The second kappa shape index (κ2) is 5.01. The number of nitrogens with zero attached hydrogens (tertiary/aromatic N) is 1. The van der Waals surface area contributed by atoms with Crippen molar-refractivity contribution in [3.05, 3.63) is 38.4 Å². The van der Waals surface area contributed by atoms with Crippen molar-refractivity contribution >= 4 is 50.7 Å². The molecule has 1 heterocycles. The van der Waals surface area contributed by atoms with Gasteiger partial charge in [-0.3, -0.25) is 10.1 Å². The number of carbonyl (C=O) groups is 1. The molecular weight excluding hydrogens is 349 g/mol. The Morgan fingerprint density at radius 3 is 2.88 bits per heavy atom. The van der Waals surface area contributed by atoms with Crippen molar-refractivity contribution in [3.63, 3.8) is 0 Å². The lowest BCUT2D eigenvalue weighted by Gasteiger charge is -2.03. The third kappa shape index (κ3) is 2.95. The van der Waals surface area contributed by atoms with Crippen LogP contribution < -0.4 is 11.1 Å². The van der Waals surface area contributed by atoms with Crippen LogP contribution in [0, 0.1) is 10.5 Å². The summed E-state index contributed by atoms with van der Waals surface area (Å²) in [5.74, 6) is -0.169. The van der Waals surface area contributed by atoms with Gasteiger partial charge in [0.25, 0.3) is 5.91 Å². The predicted octanol–water partition coefficient (Wildman–Crippen LogP) is 2.89. The first kappa shape index (κ1) is 12.3. The molecule has 2 rings (SSSR count). The number of benzene rings is 1. The fourth-order valence-electron chi connectivity index (χ4n) is 1.25. The average Bonchev–Trinajstić information content (AvgIpc) is 2.68. The lowest BCUT2D eigenvalue weighted by Crippen LogP contribution is -2.12. The number of halogens is 1. The lowest BCUT2D eigenvalue weighted by molar-refractivity contribution is 0.102. The second-order valence-corrected chi connectivity index (χ2v) is 5.50. The molecule has 0 aliphatic carbocycles. The summed E-state index contributed by atoms with van der Waals surface area (Å²) in [5.41, 5.74) is 7.85. The number of nitrogens with one attached hydrogen (secondary N) is 1. The van der Waals surface area contributed by atoms with Gasteiger partial charge in [-0.15, -0.1) is 11.3 Å². The Balaban J connectivity index is 2.17. The van der Waals surface area contributed by atoms with Crippen molar-refractivity contribution < 1.29 is 4.79 Å². The van der Waals surface area contributed by atoms with Crippen LogP contribution in [0.4, 0.5) is 10.8 Å². The molecule has 0 aliphatic heterocycles. The first-order valence-electron chi connectivity index (χ1n) is 4.85. The number of hydrogen-bond donors (Lipinski definition) is 2. The largest absolute Gasteiger partial charge is 0.398 e. The molecule has 0 atom stereocenters. The standard InChI is InChI=1S/C11H10IN3OS/c1-6-5-17-11(14-6)15-10(16)7-2-3-9(13)8(12)4-7/h2-5H,13H2,1H3,(H,14,15,16). The van der Waals surface area contributed by atoms with E-state index < -0.39 is 0 Å². The Morgan fingerprint density at radius 1 is 1.53 bits per heavy atom. The van der Waals surface area contributed by atoms with Crippen LogP contribution in [0.1, 0.15) is 16.1 Å². The highest BCUT2D eigenvalue weighted by Crippen LogP contribution is 2.19. The van der Waals surface area contributed by atoms with E-state index in [4.69, 9.17) is 5.73 Å².